The van der Waals surface area contributed by atoms with Crippen molar-refractivity contribution in [3.63, 3.8) is 0 Å². The second-order valence-corrected chi connectivity index (χ2v) is 5.17. The van der Waals surface area contributed by atoms with Crippen LogP contribution in [0, 0.1) is 13.8 Å². The molecule has 0 spiro atoms. The number of aryl methyl sites for hydroxylation is 2. The lowest BCUT2D eigenvalue weighted by Crippen LogP contribution is -2.22. The van der Waals surface area contributed by atoms with Crippen LogP contribution >= 0.6 is 0 Å². The summed E-state index contributed by atoms with van der Waals surface area (Å²) in [5.74, 6) is 2.25. The van der Waals surface area contributed by atoms with Gasteiger partial charge < -0.3 is 18.9 Å². The van der Waals surface area contributed by atoms with Gasteiger partial charge in [0, 0.05) is 11.6 Å². The summed E-state index contributed by atoms with van der Waals surface area (Å²) < 4.78 is 15.7. The molecule has 2 unspecified atom stereocenters. The minimum absolute atomic E-state index is 0.0342. The van der Waals surface area contributed by atoms with Crippen LogP contribution in [0.4, 0.5) is 0 Å². The van der Waals surface area contributed by atoms with Gasteiger partial charge in [0.2, 0.25) is 5.76 Å². The van der Waals surface area contributed by atoms with Gasteiger partial charge in [0.1, 0.15) is 17.3 Å². The molecule has 0 saturated heterocycles. The second-order valence-electron chi connectivity index (χ2n) is 5.17. The molecule has 5 heteroatoms. The van der Waals surface area contributed by atoms with E-state index >= 15 is 0 Å². The minimum Gasteiger partial charge on any atom is -0.466 e. The highest BCUT2D eigenvalue weighted by Gasteiger charge is 2.19. The van der Waals surface area contributed by atoms with E-state index in [1.54, 1.807) is 12.1 Å². The SMILES string of the molecule is COC(=O)c1ccc(C(C)NC(C)c2cc(C)oc2C)o1. The van der Waals surface area contributed by atoms with E-state index < -0.39 is 5.97 Å². The molecular weight excluding hydrogens is 270 g/mol. The zero-order valence-electron chi connectivity index (χ0n) is 13.0. The molecule has 0 saturated carbocycles. The van der Waals surface area contributed by atoms with Gasteiger partial charge in [0.15, 0.2) is 0 Å². The van der Waals surface area contributed by atoms with Crippen molar-refractivity contribution in [1.82, 2.24) is 5.32 Å². The van der Waals surface area contributed by atoms with E-state index in [9.17, 15) is 4.79 Å². The highest BCUT2D eigenvalue weighted by atomic mass is 16.5. The second kappa shape index (κ2) is 6.18. The van der Waals surface area contributed by atoms with Crippen molar-refractivity contribution >= 4 is 5.97 Å². The Morgan fingerprint density at radius 3 is 2.48 bits per heavy atom. The lowest BCUT2D eigenvalue weighted by Gasteiger charge is -2.18. The molecule has 2 aromatic rings. The first-order chi connectivity index (χ1) is 9.92. The first kappa shape index (κ1) is 15.4. The molecule has 0 aliphatic carbocycles. The predicted molar refractivity (Wildman–Crippen MR) is 78.2 cm³/mol. The third kappa shape index (κ3) is 3.36. The monoisotopic (exact) mass is 291 g/mol. The Morgan fingerprint density at radius 2 is 1.90 bits per heavy atom. The Hall–Kier alpha value is -2.01. The zero-order chi connectivity index (χ0) is 15.6. The number of carbonyl (C=O) groups is 1. The Kier molecular flexibility index (Phi) is 4.53. The molecule has 0 radical (unpaired) electrons. The molecule has 21 heavy (non-hydrogen) atoms. The molecule has 0 aliphatic rings. The Labute approximate surface area is 124 Å². The smallest absolute Gasteiger partial charge is 0.373 e. The first-order valence-electron chi connectivity index (χ1n) is 6.93. The third-order valence-electron chi connectivity index (χ3n) is 3.49. The lowest BCUT2D eigenvalue weighted by molar-refractivity contribution is 0.0562. The van der Waals surface area contributed by atoms with Crippen LogP contribution in [0.2, 0.25) is 0 Å². The summed E-state index contributed by atoms with van der Waals surface area (Å²) in [7, 11) is 1.33. The summed E-state index contributed by atoms with van der Waals surface area (Å²) in [5.41, 5.74) is 1.12. The maximum absolute atomic E-state index is 11.4. The van der Waals surface area contributed by atoms with Gasteiger partial charge >= 0.3 is 5.97 Å². The number of hydrogen-bond donors (Lipinski definition) is 1. The highest BCUT2D eigenvalue weighted by Crippen LogP contribution is 2.25. The number of hydrogen-bond acceptors (Lipinski definition) is 5. The van der Waals surface area contributed by atoms with Crippen LogP contribution in [0.5, 0.6) is 0 Å². The van der Waals surface area contributed by atoms with Crippen LogP contribution in [0.1, 0.15) is 59.3 Å². The molecule has 2 atom stereocenters. The topological polar surface area (TPSA) is 64.6 Å². The van der Waals surface area contributed by atoms with Crippen molar-refractivity contribution in [3.8, 4) is 0 Å². The van der Waals surface area contributed by atoms with Gasteiger partial charge in [0.25, 0.3) is 0 Å². The minimum atomic E-state index is -0.470. The molecule has 0 bridgehead atoms. The molecule has 114 valence electrons. The number of ether oxygens (including phenoxy) is 1. The summed E-state index contributed by atoms with van der Waals surface area (Å²) in [6.45, 7) is 7.94. The Balaban J connectivity index is 2.07. The van der Waals surface area contributed by atoms with Gasteiger partial charge in [0.05, 0.1) is 13.2 Å². The summed E-state index contributed by atoms with van der Waals surface area (Å²) in [4.78, 5) is 11.4. The van der Waals surface area contributed by atoms with Crippen molar-refractivity contribution < 1.29 is 18.4 Å². The fourth-order valence-corrected chi connectivity index (χ4v) is 2.42. The van der Waals surface area contributed by atoms with E-state index in [1.807, 2.05) is 26.8 Å². The van der Waals surface area contributed by atoms with Gasteiger partial charge in [-0.25, -0.2) is 4.79 Å². The van der Waals surface area contributed by atoms with Crippen LogP contribution < -0.4 is 5.32 Å². The average molecular weight is 291 g/mol. The van der Waals surface area contributed by atoms with Crippen LogP contribution in [0.3, 0.4) is 0 Å². The van der Waals surface area contributed by atoms with Crippen LogP contribution in [-0.2, 0) is 4.74 Å². The van der Waals surface area contributed by atoms with Gasteiger partial charge in [-0.1, -0.05) is 0 Å². The first-order valence-corrected chi connectivity index (χ1v) is 6.93. The number of furan rings is 2. The number of esters is 1. The van der Waals surface area contributed by atoms with Gasteiger partial charge in [-0.2, -0.15) is 0 Å². The van der Waals surface area contributed by atoms with Crippen molar-refractivity contribution in [2.45, 2.75) is 39.8 Å². The van der Waals surface area contributed by atoms with E-state index in [0.29, 0.717) is 5.76 Å². The normalized spacial score (nSPS) is 14.0. The number of rotatable bonds is 5. The highest BCUT2D eigenvalue weighted by molar-refractivity contribution is 5.86. The lowest BCUT2D eigenvalue weighted by atomic mass is 10.1. The quantitative estimate of drug-likeness (QED) is 0.851. The Bertz CT molecular complexity index is 626. The fourth-order valence-electron chi connectivity index (χ4n) is 2.42. The van der Waals surface area contributed by atoms with Crippen molar-refractivity contribution in [3.05, 3.63) is 46.8 Å². The molecule has 0 fully saturated rings. The number of methoxy groups -OCH3 is 1. The van der Waals surface area contributed by atoms with Crippen LogP contribution in [0.25, 0.3) is 0 Å². The Morgan fingerprint density at radius 1 is 1.19 bits per heavy atom. The molecule has 2 rings (SSSR count). The number of nitrogens with one attached hydrogen (secondary N) is 1. The molecule has 0 aliphatic heterocycles. The fraction of sp³-hybridized carbons (Fsp3) is 0.438. The largest absolute Gasteiger partial charge is 0.466 e. The van der Waals surface area contributed by atoms with Gasteiger partial charge in [-0.15, -0.1) is 0 Å². The summed E-state index contributed by atoms with van der Waals surface area (Å²) >= 11 is 0. The number of carbonyl (C=O) groups excluding carboxylic acids is 1. The standard InChI is InChI=1S/C16H21NO4/c1-9-8-13(12(4)20-9)10(2)17-11(3)14-6-7-15(21-14)16(18)19-5/h6-8,10-11,17H,1-5H3. The molecule has 0 aromatic carbocycles. The summed E-state index contributed by atoms with van der Waals surface area (Å²) in [5, 5.41) is 3.43. The molecule has 2 aromatic heterocycles. The van der Waals surface area contributed by atoms with Gasteiger partial charge in [-0.3, -0.25) is 0 Å². The maximum Gasteiger partial charge on any atom is 0.373 e. The van der Waals surface area contributed by atoms with Crippen molar-refractivity contribution in [2.24, 2.45) is 0 Å². The summed E-state index contributed by atoms with van der Waals surface area (Å²) in [6, 6.07) is 5.51. The average Bonchev–Trinajstić information content (AvgIpc) is 3.04. The summed E-state index contributed by atoms with van der Waals surface area (Å²) in [6.07, 6.45) is 0. The van der Waals surface area contributed by atoms with E-state index in [-0.39, 0.29) is 17.8 Å². The van der Waals surface area contributed by atoms with Crippen molar-refractivity contribution in [2.75, 3.05) is 7.11 Å². The molecule has 2 heterocycles. The molecule has 0 amide bonds. The van der Waals surface area contributed by atoms with Gasteiger partial charge in [-0.05, 0) is 45.9 Å². The van der Waals surface area contributed by atoms with Crippen molar-refractivity contribution in [1.29, 1.82) is 0 Å². The van der Waals surface area contributed by atoms with E-state index in [1.165, 1.54) is 7.11 Å². The predicted octanol–water partition coefficient (Wildman–Crippen LogP) is 3.69. The van der Waals surface area contributed by atoms with E-state index in [4.69, 9.17) is 8.83 Å². The van der Waals surface area contributed by atoms with Crippen LogP contribution in [0.15, 0.2) is 27.0 Å². The van der Waals surface area contributed by atoms with Crippen LogP contribution in [-0.4, -0.2) is 13.1 Å². The maximum atomic E-state index is 11.4. The third-order valence-corrected chi connectivity index (χ3v) is 3.49. The molecule has 1 N–H and O–H groups in total. The zero-order valence-corrected chi connectivity index (χ0v) is 13.0. The molecular formula is C16H21NO4. The van der Waals surface area contributed by atoms with E-state index in [0.717, 1.165) is 17.1 Å². The molecule has 5 nitrogen and oxygen atoms in total. The van der Waals surface area contributed by atoms with E-state index in [2.05, 4.69) is 17.0 Å².